The highest BCUT2D eigenvalue weighted by atomic mass is 32.1. The fraction of sp³-hybridized carbons (Fsp3) is 0.130. The van der Waals surface area contributed by atoms with Gasteiger partial charge in [-0.15, -0.1) is 11.3 Å². The summed E-state index contributed by atoms with van der Waals surface area (Å²) >= 11 is 1.55. The smallest absolute Gasteiger partial charge is 0.264 e. The van der Waals surface area contributed by atoms with Crippen LogP contribution in [0.5, 0.6) is 0 Å². The van der Waals surface area contributed by atoms with Crippen LogP contribution in [0.25, 0.3) is 16.5 Å². The van der Waals surface area contributed by atoms with Crippen molar-refractivity contribution < 1.29 is 0 Å². The summed E-state index contributed by atoms with van der Waals surface area (Å²) in [6, 6.07) is 17.7. The van der Waals surface area contributed by atoms with E-state index in [9.17, 15) is 4.79 Å². The second-order valence-corrected chi connectivity index (χ2v) is 7.46. The van der Waals surface area contributed by atoms with Gasteiger partial charge in [0.15, 0.2) is 0 Å². The van der Waals surface area contributed by atoms with Crippen LogP contribution in [0.1, 0.15) is 28.1 Å². The van der Waals surface area contributed by atoms with Crippen molar-refractivity contribution in [3.05, 3.63) is 92.3 Å². The summed E-state index contributed by atoms with van der Waals surface area (Å²) in [4.78, 5) is 18.6. The average molecular weight is 370 g/mol. The van der Waals surface area contributed by atoms with Crippen LogP contribution in [-0.4, -0.2) is 9.55 Å². The summed E-state index contributed by atoms with van der Waals surface area (Å²) < 4.78 is 1.80. The largest absolute Gasteiger partial charge is 0.281 e. The third kappa shape index (κ3) is 3.30. The van der Waals surface area contributed by atoms with Gasteiger partial charge in [-0.3, -0.25) is 9.36 Å². The number of para-hydroxylation sites is 1. The standard InChI is InChI=1S/C23H18N2OS/c1-3-19-14-18-9-7-8-17(12-13-21-15-24-16(2)27-21)22(18)23(26)25(19)20-10-5-4-6-11-20/h4-11,14-15H,3H2,1-2H3. The normalized spacial score (nSPS) is 10.6. The van der Waals surface area contributed by atoms with E-state index in [2.05, 4.69) is 29.8 Å². The van der Waals surface area contributed by atoms with Crippen LogP contribution in [0, 0.1) is 18.8 Å². The molecule has 0 aliphatic heterocycles. The zero-order valence-corrected chi connectivity index (χ0v) is 16.0. The fourth-order valence-electron chi connectivity index (χ4n) is 3.19. The monoisotopic (exact) mass is 370 g/mol. The van der Waals surface area contributed by atoms with Gasteiger partial charge in [-0.2, -0.15) is 0 Å². The molecule has 0 radical (unpaired) electrons. The summed E-state index contributed by atoms with van der Waals surface area (Å²) in [6.45, 7) is 4.02. The Morgan fingerprint density at radius 2 is 1.89 bits per heavy atom. The van der Waals surface area contributed by atoms with Crippen LogP contribution in [0.15, 0.2) is 65.6 Å². The van der Waals surface area contributed by atoms with Gasteiger partial charge in [-0.1, -0.05) is 43.2 Å². The quantitative estimate of drug-likeness (QED) is 0.479. The summed E-state index contributed by atoms with van der Waals surface area (Å²) in [5, 5.41) is 2.57. The van der Waals surface area contributed by atoms with Gasteiger partial charge in [0.25, 0.3) is 5.56 Å². The highest BCUT2D eigenvalue weighted by Gasteiger charge is 2.12. The molecule has 0 fully saturated rings. The minimum atomic E-state index is -0.0269. The fourth-order valence-corrected chi connectivity index (χ4v) is 3.82. The Balaban J connectivity index is 1.98. The first-order valence-electron chi connectivity index (χ1n) is 8.85. The molecule has 3 nitrogen and oxygen atoms in total. The van der Waals surface area contributed by atoms with E-state index in [-0.39, 0.29) is 5.56 Å². The number of rotatable bonds is 2. The average Bonchev–Trinajstić information content (AvgIpc) is 3.11. The molecule has 0 amide bonds. The maximum absolute atomic E-state index is 13.4. The Labute approximate surface area is 162 Å². The number of fused-ring (bicyclic) bond motifs is 1. The molecule has 0 spiro atoms. The van der Waals surface area contributed by atoms with E-state index >= 15 is 0 Å². The number of benzene rings is 2. The molecule has 0 atom stereocenters. The number of hydrogen-bond donors (Lipinski definition) is 0. The van der Waals surface area contributed by atoms with Crippen LogP contribution in [0.2, 0.25) is 0 Å². The van der Waals surface area contributed by atoms with Crippen molar-refractivity contribution in [1.29, 1.82) is 0 Å². The first kappa shape index (κ1) is 17.3. The molecule has 0 N–H and O–H groups in total. The van der Waals surface area contributed by atoms with Gasteiger partial charge in [-0.05, 0) is 48.9 Å². The molecule has 132 valence electrons. The minimum absolute atomic E-state index is 0.0269. The molecule has 4 aromatic rings. The van der Waals surface area contributed by atoms with E-state index in [1.165, 1.54) is 0 Å². The summed E-state index contributed by atoms with van der Waals surface area (Å²) in [5.41, 5.74) is 2.58. The third-order valence-electron chi connectivity index (χ3n) is 4.44. The second-order valence-electron chi connectivity index (χ2n) is 6.23. The summed E-state index contributed by atoms with van der Waals surface area (Å²) in [7, 11) is 0. The van der Waals surface area contributed by atoms with Crippen LogP contribution in [0.4, 0.5) is 0 Å². The Morgan fingerprint density at radius 3 is 2.59 bits per heavy atom. The molecule has 2 aromatic carbocycles. The maximum Gasteiger partial charge on any atom is 0.264 e. The summed E-state index contributed by atoms with van der Waals surface area (Å²) in [5.74, 6) is 6.33. The molecule has 0 aliphatic carbocycles. The molecule has 2 heterocycles. The lowest BCUT2D eigenvalue weighted by Gasteiger charge is -2.14. The molecular weight excluding hydrogens is 352 g/mol. The molecule has 4 heteroatoms. The molecule has 0 bridgehead atoms. The first-order valence-corrected chi connectivity index (χ1v) is 9.66. The van der Waals surface area contributed by atoms with Crippen molar-refractivity contribution in [3.63, 3.8) is 0 Å². The van der Waals surface area contributed by atoms with Gasteiger partial charge < -0.3 is 0 Å². The third-order valence-corrected chi connectivity index (χ3v) is 5.27. The molecule has 2 aromatic heterocycles. The van der Waals surface area contributed by atoms with Crippen molar-refractivity contribution in [2.75, 3.05) is 0 Å². The van der Waals surface area contributed by atoms with Crippen LogP contribution in [0.3, 0.4) is 0 Å². The number of aryl methyl sites for hydroxylation is 2. The van der Waals surface area contributed by atoms with E-state index in [4.69, 9.17) is 0 Å². The molecule has 0 aliphatic rings. The van der Waals surface area contributed by atoms with E-state index in [0.29, 0.717) is 5.39 Å². The van der Waals surface area contributed by atoms with E-state index in [1.807, 2.05) is 55.5 Å². The molecule has 0 unspecified atom stereocenters. The molecule has 0 saturated heterocycles. The number of hydrogen-bond acceptors (Lipinski definition) is 3. The number of nitrogens with zero attached hydrogens (tertiary/aromatic N) is 2. The van der Waals surface area contributed by atoms with Gasteiger partial charge in [0.2, 0.25) is 0 Å². The van der Waals surface area contributed by atoms with Crippen molar-refractivity contribution >= 4 is 22.1 Å². The Morgan fingerprint density at radius 1 is 1.07 bits per heavy atom. The van der Waals surface area contributed by atoms with Crippen molar-refractivity contribution in [2.45, 2.75) is 20.3 Å². The van der Waals surface area contributed by atoms with Crippen molar-refractivity contribution in [1.82, 2.24) is 9.55 Å². The van der Waals surface area contributed by atoms with E-state index in [1.54, 1.807) is 22.1 Å². The van der Waals surface area contributed by atoms with Gasteiger partial charge in [0, 0.05) is 16.9 Å². The zero-order chi connectivity index (χ0) is 18.8. The maximum atomic E-state index is 13.4. The second kappa shape index (κ2) is 7.22. The Kier molecular flexibility index (Phi) is 4.62. The minimum Gasteiger partial charge on any atom is -0.281 e. The molecule has 0 saturated carbocycles. The topological polar surface area (TPSA) is 34.9 Å². The van der Waals surface area contributed by atoms with Gasteiger partial charge in [0.1, 0.15) is 0 Å². The number of thiazole rings is 1. The lowest BCUT2D eigenvalue weighted by atomic mass is 10.0. The van der Waals surface area contributed by atoms with Crippen LogP contribution < -0.4 is 5.56 Å². The SMILES string of the molecule is CCc1cc2cccc(C#Cc3cnc(C)s3)c2c(=O)n1-c1ccccc1. The Bertz CT molecular complexity index is 1240. The molecule has 27 heavy (non-hydrogen) atoms. The van der Waals surface area contributed by atoms with Crippen LogP contribution in [-0.2, 0) is 6.42 Å². The zero-order valence-electron chi connectivity index (χ0n) is 15.2. The highest BCUT2D eigenvalue weighted by Crippen LogP contribution is 2.20. The predicted molar refractivity (Wildman–Crippen MR) is 112 cm³/mol. The van der Waals surface area contributed by atoms with Gasteiger partial charge >= 0.3 is 0 Å². The summed E-state index contributed by atoms with van der Waals surface area (Å²) in [6.07, 6.45) is 2.55. The van der Waals surface area contributed by atoms with Crippen molar-refractivity contribution in [3.8, 4) is 17.5 Å². The predicted octanol–water partition coefficient (Wildman–Crippen LogP) is 4.72. The highest BCUT2D eigenvalue weighted by molar-refractivity contribution is 7.12. The van der Waals surface area contributed by atoms with Gasteiger partial charge in [0.05, 0.1) is 21.5 Å². The Hall–Kier alpha value is -3.16. The number of aromatic nitrogens is 2. The van der Waals surface area contributed by atoms with Gasteiger partial charge in [-0.25, -0.2) is 4.98 Å². The number of pyridine rings is 1. The van der Waals surface area contributed by atoms with E-state index < -0.39 is 0 Å². The van der Waals surface area contributed by atoms with E-state index in [0.717, 1.165) is 38.6 Å². The van der Waals surface area contributed by atoms with Crippen LogP contribution >= 0.6 is 11.3 Å². The lowest BCUT2D eigenvalue weighted by Crippen LogP contribution is -2.22. The van der Waals surface area contributed by atoms with Crippen molar-refractivity contribution in [2.24, 2.45) is 0 Å². The first-order chi connectivity index (χ1) is 13.2. The lowest BCUT2D eigenvalue weighted by molar-refractivity contribution is 0.889. The molecular formula is C23H18N2OS. The molecule has 4 rings (SSSR count).